The van der Waals surface area contributed by atoms with Crippen LogP contribution < -0.4 is 15.0 Å². The number of hydrogen-bond acceptors (Lipinski definition) is 5. The van der Waals surface area contributed by atoms with Crippen LogP contribution in [-0.2, 0) is 6.61 Å². The van der Waals surface area contributed by atoms with Crippen molar-refractivity contribution in [1.29, 1.82) is 0 Å². The van der Waals surface area contributed by atoms with Crippen LogP contribution in [0.4, 0.5) is 0 Å². The van der Waals surface area contributed by atoms with E-state index in [9.17, 15) is 4.79 Å². The Morgan fingerprint density at radius 3 is 2.62 bits per heavy atom. The molecule has 3 aromatic carbocycles. The maximum Gasteiger partial charge on any atom is 0.282 e. The zero-order chi connectivity index (χ0) is 24.4. The Labute approximate surface area is 225 Å². The summed E-state index contributed by atoms with van der Waals surface area (Å²) in [6.45, 7) is 2.00. The Kier molecular flexibility index (Phi) is 7.77. The third kappa shape index (κ3) is 5.07. The van der Waals surface area contributed by atoms with Crippen LogP contribution in [0.5, 0.6) is 11.5 Å². The van der Waals surface area contributed by atoms with Gasteiger partial charge in [0.15, 0.2) is 11.5 Å². The molecule has 0 saturated heterocycles. The molecule has 10 heteroatoms. The Bertz CT molecular complexity index is 1490. The van der Waals surface area contributed by atoms with Gasteiger partial charge in [-0.1, -0.05) is 45.7 Å². The first-order valence-electron chi connectivity index (χ1n) is 9.95. The van der Waals surface area contributed by atoms with E-state index in [1.807, 2.05) is 30.3 Å². The quantitative estimate of drug-likeness (QED) is 0.205. The lowest BCUT2D eigenvalue weighted by Gasteiger charge is -2.16. The molecule has 0 radical (unpaired) electrons. The highest BCUT2D eigenvalue weighted by atomic mass is 79.9. The van der Waals surface area contributed by atoms with Gasteiger partial charge in [-0.3, -0.25) is 4.79 Å². The molecule has 0 fully saturated rings. The molecule has 0 saturated carbocycles. The maximum atomic E-state index is 13.0. The smallest absolute Gasteiger partial charge is 0.282 e. The molecule has 1 heterocycles. The molecule has 0 aliphatic carbocycles. The number of aryl methyl sites for hydroxylation is 1. The fourth-order valence-corrected chi connectivity index (χ4v) is 4.75. The van der Waals surface area contributed by atoms with Gasteiger partial charge in [-0.15, -0.1) is 0 Å². The number of rotatable bonds is 6. The number of aromatic nitrogens is 2. The summed E-state index contributed by atoms with van der Waals surface area (Å²) in [5.41, 5.74) is 1.88. The summed E-state index contributed by atoms with van der Waals surface area (Å²) in [5.74, 6) is 1.48. The molecule has 0 spiro atoms. The second-order valence-electron chi connectivity index (χ2n) is 7.19. The van der Waals surface area contributed by atoms with E-state index < -0.39 is 0 Å². The largest absolute Gasteiger partial charge is 0.493 e. The summed E-state index contributed by atoms with van der Waals surface area (Å²) >= 11 is 16.8. The third-order valence-corrected chi connectivity index (χ3v) is 7.99. The summed E-state index contributed by atoms with van der Waals surface area (Å²) < 4.78 is 15.0. The number of ether oxygens (including phenoxy) is 2. The van der Waals surface area contributed by atoms with E-state index in [2.05, 4.69) is 57.9 Å². The molecule has 34 heavy (non-hydrogen) atoms. The molecule has 0 aliphatic heterocycles. The topological polar surface area (TPSA) is 65.7 Å². The highest BCUT2D eigenvalue weighted by Gasteiger charge is 2.17. The molecule has 174 valence electrons. The van der Waals surface area contributed by atoms with Crippen LogP contribution in [0, 0.1) is 6.92 Å². The fraction of sp³-hybridized carbons (Fsp3) is 0.125. The summed E-state index contributed by atoms with van der Waals surface area (Å²) in [6.07, 6.45) is 1.56. The molecule has 0 unspecified atom stereocenters. The lowest BCUT2D eigenvalue weighted by Crippen LogP contribution is -2.20. The van der Waals surface area contributed by atoms with Gasteiger partial charge in [0.2, 0.25) is 0 Å². The van der Waals surface area contributed by atoms with Gasteiger partial charge in [-0.2, -0.15) is 9.78 Å². The van der Waals surface area contributed by atoms with Crippen molar-refractivity contribution in [2.24, 2.45) is 5.10 Å². The average molecular weight is 671 g/mol. The molecule has 4 rings (SSSR count). The minimum atomic E-state index is -0.262. The highest BCUT2D eigenvalue weighted by molar-refractivity contribution is 9.13. The van der Waals surface area contributed by atoms with E-state index in [1.54, 1.807) is 38.4 Å². The molecule has 0 atom stereocenters. The summed E-state index contributed by atoms with van der Waals surface area (Å²) in [6, 6.07) is 14.6. The highest BCUT2D eigenvalue weighted by Crippen LogP contribution is 2.42. The Hall–Kier alpha value is -2.20. The zero-order valence-electron chi connectivity index (χ0n) is 18.0. The van der Waals surface area contributed by atoms with E-state index in [1.165, 1.54) is 4.68 Å². The predicted molar refractivity (Wildman–Crippen MR) is 146 cm³/mol. The van der Waals surface area contributed by atoms with Crippen LogP contribution in [0.25, 0.3) is 10.9 Å². The summed E-state index contributed by atoms with van der Waals surface area (Å²) in [7, 11) is 1.55. The Balaban J connectivity index is 1.70. The molecular weight excluding hydrogens is 653 g/mol. The van der Waals surface area contributed by atoms with Crippen molar-refractivity contribution < 1.29 is 9.47 Å². The van der Waals surface area contributed by atoms with Crippen LogP contribution in [-0.4, -0.2) is 23.0 Å². The van der Waals surface area contributed by atoms with Crippen molar-refractivity contribution in [3.05, 3.63) is 94.3 Å². The van der Waals surface area contributed by atoms with E-state index >= 15 is 0 Å². The maximum absolute atomic E-state index is 13.0. The monoisotopic (exact) mass is 667 g/mol. The first kappa shape index (κ1) is 24.9. The summed E-state index contributed by atoms with van der Waals surface area (Å²) in [4.78, 5) is 17.5. The average Bonchev–Trinajstić information content (AvgIpc) is 2.82. The number of halogens is 4. The van der Waals surface area contributed by atoms with Crippen LogP contribution in [0.3, 0.4) is 0 Å². The molecule has 0 N–H and O–H groups in total. The van der Waals surface area contributed by atoms with Crippen molar-refractivity contribution >= 4 is 76.5 Å². The predicted octanol–water partition coefficient (Wildman–Crippen LogP) is 7.12. The molecule has 4 aromatic rings. The molecule has 0 aliphatic rings. The van der Waals surface area contributed by atoms with Gasteiger partial charge in [0.05, 0.1) is 28.7 Å². The molecule has 6 nitrogen and oxygen atoms in total. The zero-order valence-corrected chi connectivity index (χ0v) is 23.5. The van der Waals surface area contributed by atoms with E-state index in [-0.39, 0.29) is 12.2 Å². The van der Waals surface area contributed by atoms with E-state index in [0.29, 0.717) is 47.8 Å². The Morgan fingerprint density at radius 1 is 1.12 bits per heavy atom. The van der Waals surface area contributed by atoms with Crippen molar-refractivity contribution in [3.63, 3.8) is 0 Å². The minimum Gasteiger partial charge on any atom is -0.493 e. The number of fused-ring (bicyclic) bond motifs is 1. The number of hydrogen-bond donors (Lipinski definition) is 0. The van der Waals surface area contributed by atoms with Crippen LogP contribution in [0.1, 0.15) is 17.0 Å². The molecule has 0 amide bonds. The van der Waals surface area contributed by atoms with Gasteiger partial charge in [-0.05, 0) is 69.1 Å². The molecule has 0 bridgehead atoms. The van der Waals surface area contributed by atoms with E-state index in [0.717, 1.165) is 10.0 Å². The summed E-state index contributed by atoms with van der Waals surface area (Å²) in [5, 5.41) is 5.50. The van der Waals surface area contributed by atoms with Crippen LogP contribution >= 0.6 is 59.4 Å². The number of benzene rings is 3. The molecule has 1 aromatic heterocycles. The SMILES string of the molecule is COc1cc(C=Nn2c(C)nc3ccc(Br)cc3c2=O)c(Br)c(Br)c1OCc1ccccc1Cl. The minimum absolute atomic E-state index is 0.262. The third-order valence-electron chi connectivity index (χ3n) is 4.99. The lowest BCUT2D eigenvalue weighted by atomic mass is 10.2. The van der Waals surface area contributed by atoms with Crippen LogP contribution in [0.2, 0.25) is 5.02 Å². The molecular formula is C24H17Br3ClN3O3. The first-order chi connectivity index (χ1) is 16.3. The van der Waals surface area contributed by atoms with Gasteiger partial charge in [0.1, 0.15) is 12.4 Å². The van der Waals surface area contributed by atoms with Gasteiger partial charge < -0.3 is 9.47 Å². The number of methoxy groups -OCH3 is 1. The second-order valence-corrected chi connectivity index (χ2v) is 10.1. The first-order valence-corrected chi connectivity index (χ1v) is 12.7. The number of nitrogens with zero attached hydrogens (tertiary/aromatic N) is 3. The van der Waals surface area contributed by atoms with Crippen molar-refractivity contribution in [2.45, 2.75) is 13.5 Å². The van der Waals surface area contributed by atoms with Crippen molar-refractivity contribution in [2.75, 3.05) is 7.11 Å². The van der Waals surface area contributed by atoms with Gasteiger partial charge in [0, 0.05) is 25.1 Å². The van der Waals surface area contributed by atoms with E-state index in [4.69, 9.17) is 21.1 Å². The van der Waals surface area contributed by atoms with Gasteiger partial charge in [0.25, 0.3) is 5.56 Å². The Morgan fingerprint density at radius 2 is 1.88 bits per heavy atom. The van der Waals surface area contributed by atoms with Crippen molar-refractivity contribution in [3.8, 4) is 11.5 Å². The normalized spacial score (nSPS) is 11.4. The second kappa shape index (κ2) is 10.6. The van der Waals surface area contributed by atoms with Crippen molar-refractivity contribution in [1.82, 2.24) is 9.66 Å². The van der Waals surface area contributed by atoms with Gasteiger partial charge >= 0.3 is 0 Å². The van der Waals surface area contributed by atoms with Crippen LogP contribution in [0.15, 0.2) is 71.8 Å². The fourth-order valence-electron chi connectivity index (χ4n) is 3.27. The lowest BCUT2D eigenvalue weighted by molar-refractivity contribution is 0.282. The standard InChI is InChI=1S/C24H17Br3ClN3O3/c1-13-30-19-8-7-16(25)10-17(19)24(32)31(13)29-11-15-9-20(33-2)23(22(27)21(15)26)34-12-14-5-3-4-6-18(14)28/h3-11H,12H2,1-2H3. The van der Waals surface area contributed by atoms with Gasteiger partial charge in [-0.25, -0.2) is 4.98 Å².